The van der Waals surface area contributed by atoms with Crippen LogP contribution in [0, 0.1) is 11.8 Å². The van der Waals surface area contributed by atoms with Gasteiger partial charge in [0.25, 0.3) is 0 Å². The zero-order chi connectivity index (χ0) is 14.1. The van der Waals surface area contributed by atoms with Gasteiger partial charge in [0.05, 0.1) is 29.1 Å². The first-order valence-corrected chi connectivity index (χ1v) is 6.54. The molecule has 0 amide bonds. The number of benzene rings is 1. The van der Waals surface area contributed by atoms with E-state index in [1.165, 1.54) is 0 Å². The molecule has 0 bridgehead atoms. The number of imidazole rings is 1. The second-order valence-corrected chi connectivity index (χ2v) is 4.65. The number of fused-ring (bicyclic) bond motifs is 3. The van der Waals surface area contributed by atoms with Crippen LogP contribution in [-0.4, -0.2) is 19.9 Å². The summed E-state index contributed by atoms with van der Waals surface area (Å²) in [5.74, 6) is 6.26. The van der Waals surface area contributed by atoms with E-state index in [-0.39, 0.29) is 0 Å². The normalized spacial score (nSPS) is 10.5. The van der Waals surface area contributed by atoms with E-state index in [1.807, 2.05) is 30.3 Å². The van der Waals surface area contributed by atoms with Crippen LogP contribution < -0.4 is 0 Å². The molecule has 0 fully saturated rings. The number of hydrogen-bond donors (Lipinski definition) is 1. The summed E-state index contributed by atoms with van der Waals surface area (Å²) in [6, 6.07) is 9.78. The van der Waals surface area contributed by atoms with E-state index in [1.54, 1.807) is 24.9 Å². The molecule has 1 N–H and O–H groups in total. The molecule has 0 unspecified atom stereocenters. The molecule has 0 aliphatic rings. The van der Waals surface area contributed by atoms with E-state index in [2.05, 4.69) is 31.8 Å². The Kier molecular flexibility index (Phi) is 2.62. The Morgan fingerprint density at radius 2 is 1.90 bits per heavy atom. The third kappa shape index (κ3) is 2.11. The van der Waals surface area contributed by atoms with E-state index >= 15 is 0 Å². The number of hydrogen-bond acceptors (Lipinski definition) is 3. The fourth-order valence-corrected chi connectivity index (χ4v) is 2.25. The highest BCUT2D eigenvalue weighted by atomic mass is 14.9. The number of H-pyrrole nitrogens is 1. The summed E-state index contributed by atoms with van der Waals surface area (Å²) in [5.41, 5.74) is 4.60. The SMILES string of the molecule is C(#Cc1ccc2ncc3[nH]cnc3c2c1)c1cccnc1. The molecular weight excluding hydrogens is 260 g/mol. The summed E-state index contributed by atoms with van der Waals surface area (Å²) in [7, 11) is 0. The molecule has 4 aromatic rings. The van der Waals surface area contributed by atoms with E-state index in [0.29, 0.717) is 0 Å². The van der Waals surface area contributed by atoms with Gasteiger partial charge in [0.2, 0.25) is 0 Å². The lowest BCUT2D eigenvalue weighted by molar-refractivity contribution is 1.31. The van der Waals surface area contributed by atoms with Crippen molar-refractivity contribution in [2.24, 2.45) is 0 Å². The minimum absolute atomic E-state index is 0.897. The van der Waals surface area contributed by atoms with Crippen LogP contribution in [0.15, 0.2) is 55.2 Å². The molecule has 3 aromatic heterocycles. The topological polar surface area (TPSA) is 54.5 Å². The molecule has 0 aliphatic heterocycles. The van der Waals surface area contributed by atoms with Crippen molar-refractivity contribution in [2.75, 3.05) is 0 Å². The lowest BCUT2D eigenvalue weighted by Crippen LogP contribution is -1.83. The zero-order valence-electron chi connectivity index (χ0n) is 11.0. The summed E-state index contributed by atoms with van der Waals surface area (Å²) in [5, 5.41) is 1.01. The maximum atomic E-state index is 4.41. The highest BCUT2D eigenvalue weighted by Crippen LogP contribution is 2.21. The number of rotatable bonds is 0. The number of aromatic amines is 1. The van der Waals surface area contributed by atoms with Gasteiger partial charge >= 0.3 is 0 Å². The zero-order valence-corrected chi connectivity index (χ0v) is 11.0. The Morgan fingerprint density at radius 3 is 2.81 bits per heavy atom. The predicted octanol–water partition coefficient (Wildman–Crippen LogP) is 2.91. The molecule has 4 heteroatoms. The Morgan fingerprint density at radius 1 is 0.952 bits per heavy atom. The Labute approximate surface area is 120 Å². The van der Waals surface area contributed by atoms with Crippen molar-refractivity contribution in [1.82, 2.24) is 19.9 Å². The van der Waals surface area contributed by atoms with Crippen molar-refractivity contribution in [3.8, 4) is 11.8 Å². The molecule has 0 atom stereocenters. The molecule has 4 rings (SSSR count). The van der Waals surface area contributed by atoms with Crippen LogP contribution in [0.4, 0.5) is 0 Å². The molecule has 0 aliphatic carbocycles. The van der Waals surface area contributed by atoms with Crippen molar-refractivity contribution >= 4 is 21.9 Å². The molecule has 98 valence electrons. The van der Waals surface area contributed by atoms with Crippen molar-refractivity contribution < 1.29 is 0 Å². The number of nitrogens with zero attached hydrogens (tertiary/aromatic N) is 3. The van der Waals surface area contributed by atoms with Gasteiger partial charge in [-0.05, 0) is 30.3 Å². The van der Waals surface area contributed by atoms with Crippen molar-refractivity contribution in [3.05, 3.63) is 66.4 Å². The van der Waals surface area contributed by atoms with Gasteiger partial charge in [-0.25, -0.2) is 4.98 Å². The van der Waals surface area contributed by atoms with E-state index in [9.17, 15) is 0 Å². The van der Waals surface area contributed by atoms with E-state index in [4.69, 9.17) is 0 Å². The molecular formula is C17H10N4. The second kappa shape index (κ2) is 4.73. The summed E-state index contributed by atoms with van der Waals surface area (Å²) >= 11 is 0. The highest BCUT2D eigenvalue weighted by Gasteiger charge is 2.04. The van der Waals surface area contributed by atoms with Gasteiger partial charge in [0, 0.05) is 28.9 Å². The number of aromatic nitrogens is 4. The number of nitrogens with one attached hydrogen (secondary N) is 1. The van der Waals surface area contributed by atoms with Crippen LogP contribution in [0.2, 0.25) is 0 Å². The molecule has 4 nitrogen and oxygen atoms in total. The first-order chi connectivity index (χ1) is 10.4. The van der Waals surface area contributed by atoms with Gasteiger partial charge in [-0.2, -0.15) is 0 Å². The first kappa shape index (κ1) is 11.6. The van der Waals surface area contributed by atoms with Gasteiger partial charge in [-0.15, -0.1) is 0 Å². The van der Waals surface area contributed by atoms with E-state index in [0.717, 1.165) is 33.1 Å². The summed E-state index contributed by atoms with van der Waals surface area (Å²) in [6.45, 7) is 0. The monoisotopic (exact) mass is 270 g/mol. The largest absolute Gasteiger partial charge is 0.343 e. The van der Waals surface area contributed by atoms with Gasteiger partial charge in [-0.3, -0.25) is 9.97 Å². The standard InChI is InChI=1S/C17H10N4/c1-2-13(9-18-7-1)4-3-12-5-6-15-14(8-12)17-16(10-19-15)20-11-21-17/h1-2,5-11H,(H,20,21). The van der Waals surface area contributed by atoms with Crippen LogP contribution in [0.5, 0.6) is 0 Å². The quantitative estimate of drug-likeness (QED) is 0.500. The minimum Gasteiger partial charge on any atom is -0.343 e. The van der Waals surface area contributed by atoms with Gasteiger partial charge in [-0.1, -0.05) is 11.8 Å². The number of pyridine rings is 2. The van der Waals surface area contributed by atoms with Crippen molar-refractivity contribution in [3.63, 3.8) is 0 Å². The lowest BCUT2D eigenvalue weighted by Gasteiger charge is -1.98. The smallest absolute Gasteiger partial charge is 0.0992 e. The summed E-state index contributed by atoms with van der Waals surface area (Å²) in [6.07, 6.45) is 6.97. The first-order valence-electron chi connectivity index (χ1n) is 6.54. The molecule has 0 saturated heterocycles. The maximum Gasteiger partial charge on any atom is 0.0992 e. The van der Waals surface area contributed by atoms with Crippen LogP contribution in [0.1, 0.15) is 11.1 Å². The van der Waals surface area contributed by atoms with Crippen molar-refractivity contribution in [2.45, 2.75) is 0 Å². The third-order valence-corrected chi connectivity index (χ3v) is 3.27. The Hall–Kier alpha value is -3.19. The summed E-state index contributed by atoms with van der Waals surface area (Å²) in [4.78, 5) is 15.9. The van der Waals surface area contributed by atoms with Crippen LogP contribution >= 0.6 is 0 Å². The molecule has 21 heavy (non-hydrogen) atoms. The lowest BCUT2D eigenvalue weighted by atomic mass is 10.1. The fraction of sp³-hybridized carbons (Fsp3) is 0. The average molecular weight is 270 g/mol. The Balaban J connectivity index is 1.85. The van der Waals surface area contributed by atoms with Gasteiger partial charge in [0.15, 0.2) is 0 Å². The molecule has 0 saturated carbocycles. The summed E-state index contributed by atoms with van der Waals surface area (Å²) < 4.78 is 0. The molecule has 0 spiro atoms. The minimum atomic E-state index is 0.897. The molecule has 0 radical (unpaired) electrons. The van der Waals surface area contributed by atoms with Gasteiger partial charge < -0.3 is 4.98 Å². The fourth-order valence-electron chi connectivity index (χ4n) is 2.25. The highest BCUT2D eigenvalue weighted by molar-refractivity contribution is 6.02. The molecule has 1 aromatic carbocycles. The van der Waals surface area contributed by atoms with E-state index < -0.39 is 0 Å². The third-order valence-electron chi connectivity index (χ3n) is 3.27. The van der Waals surface area contributed by atoms with Gasteiger partial charge in [0.1, 0.15) is 0 Å². The molecule has 3 heterocycles. The van der Waals surface area contributed by atoms with Crippen LogP contribution in [0.3, 0.4) is 0 Å². The van der Waals surface area contributed by atoms with Crippen molar-refractivity contribution in [1.29, 1.82) is 0 Å². The van der Waals surface area contributed by atoms with Crippen LogP contribution in [-0.2, 0) is 0 Å². The Bertz CT molecular complexity index is 991. The maximum absolute atomic E-state index is 4.41. The average Bonchev–Trinajstić information content (AvgIpc) is 3.03. The van der Waals surface area contributed by atoms with Crippen LogP contribution in [0.25, 0.3) is 21.9 Å². The second-order valence-electron chi connectivity index (χ2n) is 4.65. The predicted molar refractivity (Wildman–Crippen MR) is 81.6 cm³/mol.